The predicted molar refractivity (Wildman–Crippen MR) is 144 cm³/mol. The number of sulfonamides is 1. The van der Waals surface area contributed by atoms with Crippen molar-refractivity contribution >= 4 is 27.6 Å². The number of carbonyl (C=O) groups excluding carboxylic acids is 1. The summed E-state index contributed by atoms with van der Waals surface area (Å²) < 4.78 is 48.0. The zero-order valence-corrected chi connectivity index (χ0v) is 22.6. The molecule has 11 heteroatoms. The van der Waals surface area contributed by atoms with Gasteiger partial charge in [-0.25, -0.2) is 19.1 Å². The van der Waals surface area contributed by atoms with E-state index in [9.17, 15) is 17.6 Å². The van der Waals surface area contributed by atoms with Gasteiger partial charge in [-0.3, -0.25) is 4.79 Å². The van der Waals surface area contributed by atoms with Crippen LogP contribution in [0.25, 0.3) is 11.3 Å². The molecule has 0 spiro atoms. The van der Waals surface area contributed by atoms with Crippen LogP contribution in [0.3, 0.4) is 0 Å². The Balaban J connectivity index is 1.74. The molecule has 1 saturated heterocycles. The molecule has 0 aliphatic carbocycles. The molecule has 1 amide bonds. The van der Waals surface area contributed by atoms with Gasteiger partial charge in [0.15, 0.2) is 5.03 Å². The van der Waals surface area contributed by atoms with Gasteiger partial charge in [0.05, 0.1) is 17.9 Å². The molecule has 3 aromatic rings. The van der Waals surface area contributed by atoms with Crippen molar-refractivity contribution in [2.24, 2.45) is 5.92 Å². The van der Waals surface area contributed by atoms with Crippen LogP contribution in [-0.2, 0) is 10.0 Å². The number of halogens is 1. The molecular weight excluding hydrogens is 509 g/mol. The second kappa shape index (κ2) is 10.9. The van der Waals surface area contributed by atoms with Gasteiger partial charge < -0.3 is 15.4 Å². The van der Waals surface area contributed by atoms with Crippen LogP contribution in [0.4, 0.5) is 16.0 Å². The van der Waals surface area contributed by atoms with E-state index in [1.54, 1.807) is 12.1 Å². The molecule has 9 nitrogen and oxygen atoms in total. The minimum atomic E-state index is -4.29. The number of benzene rings is 1. The number of nitrogens with one attached hydrogen (secondary N) is 1. The molecule has 1 aliphatic heterocycles. The topological polar surface area (TPSA) is 128 Å². The summed E-state index contributed by atoms with van der Waals surface area (Å²) in [5.74, 6) is -0.353. The fourth-order valence-electron chi connectivity index (χ4n) is 4.46. The lowest BCUT2D eigenvalue weighted by Crippen LogP contribution is -2.37. The van der Waals surface area contributed by atoms with Crippen LogP contribution in [0.5, 0.6) is 5.75 Å². The first-order valence-corrected chi connectivity index (χ1v) is 14.0. The van der Waals surface area contributed by atoms with Crippen molar-refractivity contribution in [3.8, 4) is 17.0 Å². The zero-order valence-electron chi connectivity index (χ0n) is 21.8. The molecular formula is C27H32FN5O4S. The third-order valence-electron chi connectivity index (χ3n) is 6.31. The fraction of sp³-hybridized carbons (Fsp3) is 0.370. The third-order valence-corrected chi connectivity index (χ3v) is 7.55. The van der Waals surface area contributed by atoms with Crippen LogP contribution in [0.2, 0.25) is 0 Å². The molecule has 4 rings (SSSR count). The minimum Gasteiger partial charge on any atom is -0.493 e. The highest BCUT2D eigenvalue weighted by atomic mass is 32.2. The van der Waals surface area contributed by atoms with Gasteiger partial charge >= 0.3 is 0 Å². The van der Waals surface area contributed by atoms with Crippen LogP contribution in [0, 0.1) is 11.7 Å². The lowest BCUT2D eigenvalue weighted by atomic mass is 10.1. The van der Waals surface area contributed by atoms with Gasteiger partial charge in [0.25, 0.3) is 15.9 Å². The van der Waals surface area contributed by atoms with Crippen molar-refractivity contribution in [3.05, 3.63) is 59.9 Å². The number of hydrogen-bond donors (Lipinski definition) is 2. The Morgan fingerprint density at radius 3 is 2.50 bits per heavy atom. The normalized spacial score (nSPS) is 17.6. The van der Waals surface area contributed by atoms with Gasteiger partial charge in [-0.1, -0.05) is 19.9 Å². The van der Waals surface area contributed by atoms with E-state index in [2.05, 4.69) is 9.71 Å². The van der Waals surface area contributed by atoms with Gasteiger partial charge in [0, 0.05) is 23.7 Å². The van der Waals surface area contributed by atoms with Crippen LogP contribution in [0.15, 0.2) is 53.6 Å². The maximum Gasteiger partial charge on any atom is 0.281 e. The molecule has 0 unspecified atom stereocenters. The molecule has 0 saturated carbocycles. The molecule has 2 atom stereocenters. The summed E-state index contributed by atoms with van der Waals surface area (Å²) in [5, 5.41) is -0.367. The lowest BCUT2D eigenvalue weighted by molar-refractivity contribution is 0.0981. The van der Waals surface area contributed by atoms with E-state index in [0.717, 1.165) is 12.8 Å². The summed E-state index contributed by atoms with van der Waals surface area (Å²) in [5.41, 5.74) is 6.61. The van der Waals surface area contributed by atoms with E-state index < -0.39 is 21.7 Å². The van der Waals surface area contributed by atoms with Crippen molar-refractivity contribution in [1.82, 2.24) is 14.7 Å². The molecule has 1 fully saturated rings. The number of nitrogens with zero attached hydrogens (tertiary/aromatic N) is 3. The fourth-order valence-corrected chi connectivity index (χ4v) is 5.40. The Labute approximate surface area is 222 Å². The average Bonchev–Trinajstić information content (AvgIpc) is 3.19. The van der Waals surface area contributed by atoms with Gasteiger partial charge in [0.1, 0.15) is 23.2 Å². The Morgan fingerprint density at radius 2 is 1.84 bits per heavy atom. The maximum atomic E-state index is 14.5. The van der Waals surface area contributed by atoms with Gasteiger partial charge in [-0.2, -0.15) is 8.42 Å². The molecule has 1 aromatic carbocycles. The summed E-state index contributed by atoms with van der Waals surface area (Å²) >= 11 is 0. The summed E-state index contributed by atoms with van der Waals surface area (Å²) in [6.45, 7) is 8.47. The molecule has 0 bridgehead atoms. The van der Waals surface area contributed by atoms with Crippen LogP contribution < -0.4 is 20.1 Å². The smallest absolute Gasteiger partial charge is 0.281 e. The number of ether oxygens (including phenoxy) is 1. The predicted octanol–water partition coefficient (Wildman–Crippen LogP) is 4.40. The monoisotopic (exact) mass is 541 g/mol. The van der Waals surface area contributed by atoms with Crippen LogP contribution >= 0.6 is 0 Å². The highest BCUT2D eigenvalue weighted by molar-refractivity contribution is 7.90. The molecule has 3 N–H and O–H groups in total. The Hall–Kier alpha value is -3.73. The summed E-state index contributed by atoms with van der Waals surface area (Å²) in [4.78, 5) is 23.9. The number of anilines is 2. The van der Waals surface area contributed by atoms with E-state index in [0.29, 0.717) is 29.4 Å². The van der Waals surface area contributed by atoms with Crippen molar-refractivity contribution in [1.29, 1.82) is 0 Å². The molecule has 0 radical (unpaired) electrons. The first-order chi connectivity index (χ1) is 17.9. The van der Waals surface area contributed by atoms with E-state index in [4.69, 9.17) is 15.5 Å². The number of nitrogens with two attached hydrogens (primary N) is 1. The van der Waals surface area contributed by atoms with Gasteiger partial charge in [-0.05, 0) is 69.0 Å². The number of carbonyl (C=O) groups is 1. The summed E-state index contributed by atoms with van der Waals surface area (Å²) in [7, 11) is -4.29. The Kier molecular flexibility index (Phi) is 7.86. The van der Waals surface area contributed by atoms with Crippen molar-refractivity contribution in [2.45, 2.75) is 57.6 Å². The third kappa shape index (κ3) is 6.04. The van der Waals surface area contributed by atoms with E-state index in [-0.39, 0.29) is 34.4 Å². The summed E-state index contributed by atoms with van der Waals surface area (Å²) in [6, 6.07) is 11.7. The molecule has 1 aliphatic rings. The average molecular weight is 542 g/mol. The number of pyridine rings is 2. The molecule has 38 heavy (non-hydrogen) atoms. The Bertz CT molecular complexity index is 1440. The largest absolute Gasteiger partial charge is 0.493 e. The van der Waals surface area contributed by atoms with Crippen molar-refractivity contribution in [2.75, 3.05) is 17.2 Å². The number of aromatic nitrogens is 2. The highest BCUT2D eigenvalue weighted by Crippen LogP contribution is 2.34. The lowest BCUT2D eigenvalue weighted by Gasteiger charge is -2.29. The zero-order chi connectivity index (χ0) is 27.6. The van der Waals surface area contributed by atoms with Crippen LogP contribution in [-0.4, -0.2) is 43.0 Å². The van der Waals surface area contributed by atoms with Crippen LogP contribution in [0.1, 0.15) is 50.9 Å². The Morgan fingerprint density at radius 1 is 1.13 bits per heavy atom. The van der Waals surface area contributed by atoms with Crippen molar-refractivity contribution < 1.29 is 22.3 Å². The highest BCUT2D eigenvalue weighted by Gasteiger charge is 2.33. The number of rotatable bonds is 8. The van der Waals surface area contributed by atoms with Gasteiger partial charge in [-0.15, -0.1) is 0 Å². The molecule has 2 aromatic heterocycles. The maximum absolute atomic E-state index is 14.5. The minimum absolute atomic E-state index is 0.0126. The second-order valence-electron chi connectivity index (χ2n) is 9.97. The SMILES string of the molecule is CC(C)COc1cc(F)cc(-c2ccc(C(=O)NS(=O)(=O)c3cccc(N)n3)c(N3[C@@H](C)CC[C@@H]3C)n2)c1. The number of hydrogen-bond acceptors (Lipinski definition) is 8. The van der Waals surface area contributed by atoms with Gasteiger partial charge in [0.2, 0.25) is 0 Å². The first kappa shape index (κ1) is 27.3. The van der Waals surface area contributed by atoms with E-state index >= 15 is 0 Å². The number of amides is 1. The summed E-state index contributed by atoms with van der Waals surface area (Å²) in [6.07, 6.45) is 1.76. The number of nitrogen functional groups attached to an aromatic ring is 1. The molecule has 202 valence electrons. The second-order valence-corrected chi connectivity index (χ2v) is 11.6. The first-order valence-electron chi connectivity index (χ1n) is 12.5. The van der Waals surface area contributed by atoms with E-state index in [1.165, 1.54) is 36.4 Å². The standard InChI is InChI=1S/C27H32FN5O4S/c1-16(2)15-37-21-13-19(12-20(28)14-21)23-11-10-22(26(30-23)33-17(3)8-9-18(33)4)27(34)32-38(35,36)25-7-5-6-24(29)31-25/h5-7,10-14,16-18H,8-9,15H2,1-4H3,(H2,29,31)(H,32,34)/t17-,18-/m0/s1. The quantitative estimate of drug-likeness (QED) is 0.430. The molecule has 3 heterocycles. The van der Waals surface area contributed by atoms with Crippen molar-refractivity contribution in [3.63, 3.8) is 0 Å². The van der Waals surface area contributed by atoms with E-state index in [1.807, 2.05) is 32.6 Å².